The number of hydrogen-bond donors (Lipinski definition) is 1. The molecule has 2 N–H and O–H groups in total. The van der Waals surface area contributed by atoms with Gasteiger partial charge in [0.2, 0.25) is 0 Å². The smallest absolute Gasteiger partial charge is 0.138 e. The highest BCUT2D eigenvalue weighted by atomic mass is 32.1. The molecule has 1 aromatic heterocycles. The molecular weight excluding hydrogens is 172 g/mol. The predicted molar refractivity (Wildman–Crippen MR) is 50.6 cm³/mol. The SMILES string of the molecule is COc1ccc(N)c2ncsc12. The van der Waals surface area contributed by atoms with Crippen LogP contribution in [0, 0.1) is 0 Å². The molecule has 0 unspecified atom stereocenters. The number of methoxy groups -OCH3 is 1. The van der Waals surface area contributed by atoms with Crippen LogP contribution in [0.25, 0.3) is 10.2 Å². The third-order valence-electron chi connectivity index (χ3n) is 1.70. The molecule has 0 saturated carbocycles. The quantitative estimate of drug-likeness (QED) is 0.682. The van der Waals surface area contributed by atoms with Crippen molar-refractivity contribution in [3.8, 4) is 5.75 Å². The van der Waals surface area contributed by atoms with Crippen LogP contribution >= 0.6 is 11.3 Å². The Bertz CT molecular complexity index is 410. The largest absolute Gasteiger partial charge is 0.495 e. The van der Waals surface area contributed by atoms with Crippen LogP contribution < -0.4 is 10.5 Å². The Balaban J connectivity index is 2.82. The molecule has 0 atom stereocenters. The summed E-state index contributed by atoms with van der Waals surface area (Å²) in [5.41, 5.74) is 9.01. The van der Waals surface area contributed by atoms with Crippen LogP contribution in [-0.4, -0.2) is 12.1 Å². The summed E-state index contributed by atoms with van der Waals surface area (Å²) in [7, 11) is 1.64. The summed E-state index contributed by atoms with van der Waals surface area (Å²) in [6, 6.07) is 3.66. The number of ether oxygens (including phenoxy) is 1. The molecule has 0 amide bonds. The van der Waals surface area contributed by atoms with Crippen molar-refractivity contribution in [2.75, 3.05) is 12.8 Å². The van der Waals surface area contributed by atoms with Crippen LogP contribution in [0.5, 0.6) is 5.75 Å². The second-order valence-electron chi connectivity index (χ2n) is 2.39. The van der Waals surface area contributed by atoms with Crippen molar-refractivity contribution in [2.24, 2.45) is 0 Å². The summed E-state index contributed by atoms with van der Waals surface area (Å²) in [5.74, 6) is 0.835. The molecule has 0 radical (unpaired) electrons. The summed E-state index contributed by atoms with van der Waals surface area (Å²) in [5, 5.41) is 0. The number of aromatic nitrogens is 1. The average Bonchev–Trinajstić information content (AvgIpc) is 2.54. The Labute approximate surface area is 73.8 Å². The highest BCUT2D eigenvalue weighted by Gasteiger charge is 2.05. The second kappa shape index (κ2) is 2.64. The monoisotopic (exact) mass is 180 g/mol. The lowest BCUT2D eigenvalue weighted by atomic mass is 10.3. The molecule has 0 bridgehead atoms. The van der Waals surface area contributed by atoms with Gasteiger partial charge in [0.05, 0.1) is 23.0 Å². The van der Waals surface area contributed by atoms with E-state index in [2.05, 4.69) is 4.98 Å². The van der Waals surface area contributed by atoms with Crippen molar-refractivity contribution >= 4 is 27.2 Å². The summed E-state index contributed by atoms with van der Waals surface area (Å²) < 4.78 is 6.17. The van der Waals surface area contributed by atoms with Gasteiger partial charge in [0, 0.05) is 0 Å². The zero-order valence-electron chi connectivity index (χ0n) is 6.57. The molecular formula is C8H8N2OS. The van der Waals surface area contributed by atoms with Gasteiger partial charge in [0.15, 0.2) is 0 Å². The van der Waals surface area contributed by atoms with Gasteiger partial charge in [-0.15, -0.1) is 11.3 Å². The van der Waals surface area contributed by atoms with E-state index in [0.29, 0.717) is 5.69 Å². The maximum absolute atomic E-state index is 5.71. The third kappa shape index (κ3) is 0.921. The lowest BCUT2D eigenvalue weighted by Gasteiger charge is -2.01. The Morgan fingerprint density at radius 1 is 1.50 bits per heavy atom. The Kier molecular flexibility index (Phi) is 1.62. The van der Waals surface area contributed by atoms with E-state index in [0.717, 1.165) is 16.0 Å². The predicted octanol–water partition coefficient (Wildman–Crippen LogP) is 1.89. The fraction of sp³-hybridized carbons (Fsp3) is 0.125. The molecule has 0 saturated heterocycles. The normalized spacial score (nSPS) is 10.4. The van der Waals surface area contributed by atoms with E-state index in [9.17, 15) is 0 Å². The minimum Gasteiger partial charge on any atom is -0.495 e. The van der Waals surface area contributed by atoms with E-state index in [-0.39, 0.29) is 0 Å². The number of rotatable bonds is 1. The highest BCUT2D eigenvalue weighted by Crippen LogP contribution is 2.31. The van der Waals surface area contributed by atoms with Gasteiger partial charge in [-0.05, 0) is 12.1 Å². The number of nitrogen functional groups attached to an aromatic ring is 1. The molecule has 12 heavy (non-hydrogen) atoms. The number of fused-ring (bicyclic) bond motifs is 1. The van der Waals surface area contributed by atoms with Gasteiger partial charge < -0.3 is 10.5 Å². The van der Waals surface area contributed by atoms with E-state index < -0.39 is 0 Å². The highest BCUT2D eigenvalue weighted by molar-refractivity contribution is 7.17. The van der Waals surface area contributed by atoms with E-state index in [1.54, 1.807) is 18.7 Å². The number of nitrogens with two attached hydrogens (primary N) is 1. The summed E-state index contributed by atoms with van der Waals surface area (Å²) in [6.07, 6.45) is 0. The number of nitrogens with zero attached hydrogens (tertiary/aromatic N) is 1. The van der Waals surface area contributed by atoms with E-state index in [1.165, 1.54) is 11.3 Å². The first-order chi connectivity index (χ1) is 5.83. The minimum atomic E-state index is 0.701. The topological polar surface area (TPSA) is 48.1 Å². The number of hydrogen-bond acceptors (Lipinski definition) is 4. The minimum absolute atomic E-state index is 0.701. The first-order valence-corrected chi connectivity index (χ1v) is 4.36. The van der Waals surface area contributed by atoms with Crippen molar-refractivity contribution in [1.29, 1.82) is 0 Å². The van der Waals surface area contributed by atoms with Crippen molar-refractivity contribution in [1.82, 2.24) is 4.98 Å². The van der Waals surface area contributed by atoms with Crippen molar-refractivity contribution in [3.63, 3.8) is 0 Å². The molecule has 0 aliphatic carbocycles. The Hall–Kier alpha value is -1.29. The van der Waals surface area contributed by atoms with Crippen molar-refractivity contribution in [2.45, 2.75) is 0 Å². The Morgan fingerprint density at radius 3 is 3.08 bits per heavy atom. The van der Waals surface area contributed by atoms with Gasteiger partial charge in [0.25, 0.3) is 0 Å². The van der Waals surface area contributed by atoms with Crippen LogP contribution in [-0.2, 0) is 0 Å². The lowest BCUT2D eigenvalue weighted by Crippen LogP contribution is -1.88. The summed E-state index contributed by atoms with van der Waals surface area (Å²) in [4.78, 5) is 4.14. The molecule has 0 aliphatic heterocycles. The Morgan fingerprint density at radius 2 is 2.33 bits per heavy atom. The number of thiazole rings is 1. The maximum Gasteiger partial charge on any atom is 0.138 e. The molecule has 0 fully saturated rings. The van der Waals surface area contributed by atoms with Gasteiger partial charge in [-0.3, -0.25) is 0 Å². The van der Waals surface area contributed by atoms with Crippen LogP contribution in [0.2, 0.25) is 0 Å². The van der Waals surface area contributed by atoms with Crippen molar-refractivity contribution in [3.05, 3.63) is 17.6 Å². The summed E-state index contributed by atoms with van der Waals surface area (Å²) in [6.45, 7) is 0. The summed E-state index contributed by atoms with van der Waals surface area (Å²) >= 11 is 1.54. The fourth-order valence-corrected chi connectivity index (χ4v) is 1.92. The second-order valence-corrected chi connectivity index (χ2v) is 3.24. The first-order valence-electron chi connectivity index (χ1n) is 3.48. The average molecular weight is 180 g/mol. The van der Waals surface area contributed by atoms with Crippen LogP contribution in [0.15, 0.2) is 17.6 Å². The molecule has 3 nitrogen and oxygen atoms in total. The van der Waals surface area contributed by atoms with Crippen LogP contribution in [0.3, 0.4) is 0 Å². The fourth-order valence-electron chi connectivity index (χ4n) is 1.11. The standard InChI is InChI=1S/C8H8N2OS/c1-11-6-3-2-5(9)7-8(6)12-4-10-7/h2-4H,9H2,1H3. The van der Waals surface area contributed by atoms with Crippen LogP contribution in [0.4, 0.5) is 5.69 Å². The van der Waals surface area contributed by atoms with Gasteiger partial charge in [0.1, 0.15) is 11.3 Å². The zero-order chi connectivity index (χ0) is 8.55. The molecule has 4 heteroatoms. The van der Waals surface area contributed by atoms with Gasteiger partial charge in [-0.25, -0.2) is 4.98 Å². The van der Waals surface area contributed by atoms with Crippen molar-refractivity contribution < 1.29 is 4.74 Å². The van der Waals surface area contributed by atoms with E-state index in [1.807, 2.05) is 6.07 Å². The molecule has 2 rings (SSSR count). The van der Waals surface area contributed by atoms with E-state index in [4.69, 9.17) is 10.5 Å². The number of anilines is 1. The molecule has 2 aromatic rings. The molecule has 1 aromatic carbocycles. The van der Waals surface area contributed by atoms with Gasteiger partial charge >= 0.3 is 0 Å². The maximum atomic E-state index is 5.71. The zero-order valence-corrected chi connectivity index (χ0v) is 7.39. The lowest BCUT2D eigenvalue weighted by molar-refractivity contribution is 0.420. The van der Waals surface area contributed by atoms with Gasteiger partial charge in [-0.1, -0.05) is 0 Å². The van der Waals surface area contributed by atoms with E-state index >= 15 is 0 Å². The van der Waals surface area contributed by atoms with Gasteiger partial charge in [-0.2, -0.15) is 0 Å². The molecule has 0 spiro atoms. The molecule has 0 aliphatic rings. The first kappa shape index (κ1) is 7.36. The molecule has 1 heterocycles. The third-order valence-corrected chi connectivity index (χ3v) is 2.54. The molecule has 62 valence electrons. The van der Waals surface area contributed by atoms with Crippen LogP contribution in [0.1, 0.15) is 0 Å². The number of benzene rings is 1.